The highest BCUT2D eigenvalue weighted by molar-refractivity contribution is 9.10. The molecule has 0 amide bonds. The van der Waals surface area contributed by atoms with E-state index in [4.69, 9.17) is 16.3 Å². The fraction of sp³-hybridized carbons (Fsp3) is 0.294. The van der Waals surface area contributed by atoms with Crippen molar-refractivity contribution >= 4 is 27.5 Å². The molecule has 2 nitrogen and oxygen atoms in total. The molecule has 0 bridgehead atoms. The average Bonchev–Trinajstić information content (AvgIpc) is 2.48. The van der Waals surface area contributed by atoms with Gasteiger partial charge >= 0.3 is 0 Å². The highest BCUT2D eigenvalue weighted by Gasteiger charge is 2.11. The lowest BCUT2D eigenvalue weighted by Gasteiger charge is -2.18. The van der Waals surface area contributed by atoms with Crippen LogP contribution in [0.2, 0.25) is 5.02 Å². The molecule has 0 heterocycles. The number of hydrogen-bond donors (Lipinski definition) is 1. The summed E-state index contributed by atoms with van der Waals surface area (Å²) >= 11 is 9.42. The summed E-state index contributed by atoms with van der Waals surface area (Å²) in [5.74, 6) is 0.904. The first-order chi connectivity index (χ1) is 10.1. The van der Waals surface area contributed by atoms with E-state index in [-0.39, 0.29) is 6.04 Å². The minimum atomic E-state index is 0.243. The van der Waals surface area contributed by atoms with Gasteiger partial charge in [0, 0.05) is 21.1 Å². The number of hydrogen-bond acceptors (Lipinski definition) is 2. The van der Waals surface area contributed by atoms with E-state index in [0.717, 1.165) is 32.9 Å². The lowest BCUT2D eigenvalue weighted by molar-refractivity contribution is 0.300. The van der Waals surface area contributed by atoms with Gasteiger partial charge in [0.2, 0.25) is 0 Å². The van der Waals surface area contributed by atoms with E-state index in [9.17, 15) is 0 Å². The van der Waals surface area contributed by atoms with Gasteiger partial charge in [-0.2, -0.15) is 0 Å². The van der Waals surface area contributed by atoms with Gasteiger partial charge in [-0.1, -0.05) is 46.6 Å². The van der Waals surface area contributed by atoms with E-state index < -0.39 is 0 Å². The first-order valence-corrected chi connectivity index (χ1v) is 8.17. The highest BCUT2D eigenvalue weighted by atomic mass is 79.9. The van der Waals surface area contributed by atoms with Gasteiger partial charge in [-0.05, 0) is 49.4 Å². The second-order valence-electron chi connectivity index (χ2n) is 4.88. The smallest absolute Gasteiger partial charge is 0.124 e. The van der Waals surface area contributed by atoms with Crippen LogP contribution in [0.4, 0.5) is 0 Å². The third-order valence-corrected chi connectivity index (χ3v) is 4.00. The third kappa shape index (κ3) is 4.73. The second kappa shape index (κ2) is 7.83. The first-order valence-electron chi connectivity index (χ1n) is 7.00. The molecule has 0 fully saturated rings. The largest absolute Gasteiger partial charge is 0.489 e. The molecule has 0 aliphatic carbocycles. The molecule has 0 saturated heterocycles. The summed E-state index contributed by atoms with van der Waals surface area (Å²) in [7, 11) is 0. The topological polar surface area (TPSA) is 21.3 Å². The zero-order chi connectivity index (χ0) is 15.2. The van der Waals surface area contributed by atoms with Crippen molar-refractivity contribution in [3.8, 4) is 5.75 Å². The van der Waals surface area contributed by atoms with Crippen LogP contribution in [0.15, 0.2) is 46.9 Å². The summed E-state index contributed by atoms with van der Waals surface area (Å²) in [6.45, 7) is 5.69. The van der Waals surface area contributed by atoms with Gasteiger partial charge in [0.05, 0.1) is 0 Å². The Kier molecular flexibility index (Phi) is 6.09. The molecule has 1 atom stereocenters. The molecule has 0 radical (unpaired) electrons. The molecule has 1 N–H and O–H groups in total. The molecule has 2 rings (SSSR count). The molecule has 0 saturated carbocycles. The fourth-order valence-electron chi connectivity index (χ4n) is 2.15. The van der Waals surface area contributed by atoms with E-state index in [1.807, 2.05) is 36.4 Å². The van der Waals surface area contributed by atoms with Crippen LogP contribution >= 0.6 is 27.5 Å². The second-order valence-corrected chi connectivity index (χ2v) is 6.23. The van der Waals surface area contributed by atoms with Crippen molar-refractivity contribution in [3.05, 3.63) is 63.1 Å². The predicted octanol–water partition coefficient (Wildman–Crippen LogP) is 5.35. The quantitative estimate of drug-likeness (QED) is 0.742. The Hall–Kier alpha value is -1.03. The first kappa shape index (κ1) is 16.3. The molecule has 21 heavy (non-hydrogen) atoms. The monoisotopic (exact) mass is 367 g/mol. The predicted molar refractivity (Wildman–Crippen MR) is 92.0 cm³/mol. The van der Waals surface area contributed by atoms with Gasteiger partial charge in [-0.25, -0.2) is 0 Å². The van der Waals surface area contributed by atoms with Gasteiger partial charge in [0.25, 0.3) is 0 Å². The number of nitrogens with one attached hydrogen (secondary N) is 1. The Labute approximate surface area is 139 Å². The van der Waals surface area contributed by atoms with Crippen molar-refractivity contribution in [2.45, 2.75) is 26.5 Å². The average molecular weight is 369 g/mol. The van der Waals surface area contributed by atoms with Gasteiger partial charge in [-0.3, -0.25) is 0 Å². The molecule has 0 aromatic heterocycles. The van der Waals surface area contributed by atoms with Crippen molar-refractivity contribution in [3.63, 3.8) is 0 Å². The molecule has 1 unspecified atom stereocenters. The normalized spacial score (nSPS) is 12.2. The Balaban J connectivity index is 2.13. The maximum atomic E-state index is 5.98. The highest BCUT2D eigenvalue weighted by Crippen LogP contribution is 2.29. The summed E-state index contributed by atoms with van der Waals surface area (Å²) in [5.41, 5.74) is 2.25. The molecule has 2 aromatic rings. The molecular weight excluding hydrogens is 350 g/mol. The van der Waals surface area contributed by atoms with E-state index in [2.05, 4.69) is 41.2 Å². The number of benzene rings is 2. The van der Waals surface area contributed by atoms with Crippen LogP contribution in [0.1, 0.15) is 31.0 Å². The minimum Gasteiger partial charge on any atom is -0.489 e. The van der Waals surface area contributed by atoms with Crippen molar-refractivity contribution in [1.29, 1.82) is 0 Å². The Bertz CT molecular complexity index is 586. The van der Waals surface area contributed by atoms with Crippen LogP contribution in [0.5, 0.6) is 5.75 Å². The molecule has 0 aliphatic rings. The van der Waals surface area contributed by atoms with Gasteiger partial charge in [-0.15, -0.1) is 0 Å². The summed E-state index contributed by atoms with van der Waals surface area (Å²) in [4.78, 5) is 0. The summed E-state index contributed by atoms with van der Waals surface area (Å²) < 4.78 is 7.04. The Morgan fingerprint density at radius 2 is 1.90 bits per heavy atom. The van der Waals surface area contributed by atoms with Crippen LogP contribution in [0.3, 0.4) is 0 Å². The zero-order valence-electron chi connectivity index (χ0n) is 12.2. The maximum absolute atomic E-state index is 5.98. The SMILES string of the molecule is CCNC(C)c1cc(Br)ccc1OCc1ccc(Cl)cc1. The summed E-state index contributed by atoms with van der Waals surface area (Å²) in [6, 6.07) is 14.1. The lowest BCUT2D eigenvalue weighted by Crippen LogP contribution is -2.18. The fourth-order valence-corrected chi connectivity index (χ4v) is 2.65. The standard InChI is InChI=1S/C17H19BrClNO/c1-3-20-12(2)16-10-14(18)6-9-17(16)21-11-13-4-7-15(19)8-5-13/h4-10,12,20H,3,11H2,1-2H3. The molecule has 0 aliphatic heterocycles. The van der Waals surface area contributed by atoms with Crippen LogP contribution in [-0.4, -0.2) is 6.54 Å². The summed E-state index contributed by atoms with van der Waals surface area (Å²) in [5, 5.41) is 4.16. The Morgan fingerprint density at radius 1 is 1.19 bits per heavy atom. The van der Waals surface area contributed by atoms with Crippen molar-refractivity contribution in [2.75, 3.05) is 6.54 Å². The number of halogens is 2. The maximum Gasteiger partial charge on any atom is 0.124 e. The van der Waals surface area contributed by atoms with Crippen molar-refractivity contribution < 1.29 is 4.74 Å². The van der Waals surface area contributed by atoms with Crippen molar-refractivity contribution in [2.24, 2.45) is 0 Å². The minimum absolute atomic E-state index is 0.243. The van der Waals surface area contributed by atoms with E-state index in [1.54, 1.807) is 0 Å². The van der Waals surface area contributed by atoms with E-state index in [0.29, 0.717) is 6.61 Å². The van der Waals surface area contributed by atoms with Crippen molar-refractivity contribution in [1.82, 2.24) is 5.32 Å². The third-order valence-electron chi connectivity index (χ3n) is 3.26. The Morgan fingerprint density at radius 3 is 2.57 bits per heavy atom. The summed E-state index contributed by atoms with van der Waals surface area (Å²) in [6.07, 6.45) is 0. The molecule has 2 aromatic carbocycles. The number of ether oxygens (including phenoxy) is 1. The lowest BCUT2D eigenvalue weighted by atomic mass is 10.1. The molecule has 112 valence electrons. The van der Waals surface area contributed by atoms with Crippen LogP contribution in [0, 0.1) is 0 Å². The van der Waals surface area contributed by atoms with Gasteiger partial charge < -0.3 is 10.1 Å². The number of rotatable bonds is 6. The van der Waals surface area contributed by atoms with E-state index >= 15 is 0 Å². The molecular formula is C17H19BrClNO. The van der Waals surface area contributed by atoms with Gasteiger partial charge in [0.1, 0.15) is 12.4 Å². The van der Waals surface area contributed by atoms with E-state index in [1.165, 1.54) is 0 Å². The van der Waals surface area contributed by atoms with Crippen LogP contribution < -0.4 is 10.1 Å². The van der Waals surface area contributed by atoms with Gasteiger partial charge in [0.15, 0.2) is 0 Å². The molecule has 4 heteroatoms. The molecule has 0 spiro atoms. The zero-order valence-corrected chi connectivity index (χ0v) is 14.5. The van der Waals surface area contributed by atoms with Crippen LogP contribution in [-0.2, 0) is 6.61 Å². The van der Waals surface area contributed by atoms with Crippen LogP contribution in [0.25, 0.3) is 0 Å².